The van der Waals surface area contributed by atoms with Crippen LogP contribution in [0.2, 0.25) is 0 Å². The minimum absolute atomic E-state index is 0.0444. The van der Waals surface area contributed by atoms with Gasteiger partial charge in [-0.2, -0.15) is 0 Å². The van der Waals surface area contributed by atoms with Crippen molar-refractivity contribution in [2.45, 2.75) is 25.9 Å². The lowest BCUT2D eigenvalue weighted by Crippen LogP contribution is -2.40. The highest BCUT2D eigenvalue weighted by Crippen LogP contribution is 2.44. The molecule has 2 aliphatic rings. The topological polar surface area (TPSA) is 83.8 Å². The van der Waals surface area contributed by atoms with Crippen molar-refractivity contribution >= 4 is 17.3 Å². The second-order valence-corrected chi connectivity index (χ2v) is 5.59. The third-order valence-electron chi connectivity index (χ3n) is 4.24. The first-order valence-corrected chi connectivity index (χ1v) is 6.81. The van der Waals surface area contributed by atoms with Crippen molar-refractivity contribution in [3.8, 4) is 0 Å². The molecule has 1 heterocycles. The number of rotatable bonds is 2. The number of ether oxygens (including phenoxy) is 1. The highest BCUT2D eigenvalue weighted by molar-refractivity contribution is 6.52. The van der Waals surface area contributed by atoms with E-state index in [9.17, 15) is 14.7 Å². The van der Waals surface area contributed by atoms with Crippen LogP contribution < -0.4 is 0 Å². The van der Waals surface area contributed by atoms with Crippen molar-refractivity contribution in [2.75, 3.05) is 13.2 Å². The number of hydrogen-bond acceptors (Lipinski definition) is 5. The van der Waals surface area contributed by atoms with Crippen LogP contribution in [0.1, 0.15) is 40.4 Å². The van der Waals surface area contributed by atoms with Crippen LogP contribution in [0.3, 0.4) is 0 Å². The number of carbonyl (C=O) groups is 2. The van der Waals surface area contributed by atoms with Gasteiger partial charge in [-0.1, -0.05) is 12.1 Å². The average molecular weight is 288 g/mol. The molecule has 0 aromatic heterocycles. The Bertz CT molecular complexity index is 701. The summed E-state index contributed by atoms with van der Waals surface area (Å²) in [5.74, 6) is -0.760. The maximum absolute atomic E-state index is 12.3. The Labute approximate surface area is 121 Å². The third-order valence-corrected chi connectivity index (χ3v) is 4.24. The monoisotopic (exact) mass is 288 g/mol. The zero-order valence-corrected chi connectivity index (χ0v) is 11.9. The maximum Gasteiger partial charge on any atom is 0.234 e. The molecule has 1 aromatic rings. The normalized spacial score (nSPS) is 24.0. The van der Waals surface area contributed by atoms with E-state index in [1.54, 1.807) is 26.0 Å². The summed E-state index contributed by atoms with van der Waals surface area (Å²) in [4.78, 5) is 24.3. The Kier molecular flexibility index (Phi) is 3.00. The van der Waals surface area contributed by atoms with E-state index in [0.29, 0.717) is 28.0 Å². The van der Waals surface area contributed by atoms with E-state index in [4.69, 9.17) is 9.84 Å². The summed E-state index contributed by atoms with van der Waals surface area (Å²) in [6.07, 6.45) is 0.108. The predicted octanol–water partition coefficient (Wildman–Crippen LogP) is 1.09. The van der Waals surface area contributed by atoms with Gasteiger partial charge in [0.2, 0.25) is 11.6 Å². The van der Waals surface area contributed by atoms with E-state index in [1.165, 1.54) is 0 Å². The molecular formula is C16H16O5. The molecule has 1 aliphatic carbocycles. The average Bonchev–Trinajstić information content (AvgIpc) is 2.44. The third kappa shape index (κ3) is 1.78. The fraction of sp³-hybridized carbons (Fsp3) is 0.375. The van der Waals surface area contributed by atoms with Gasteiger partial charge in [0.1, 0.15) is 18.0 Å². The SMILES string of the molecule is CC1=C2OCC(O)(CCO)c3ccc(C)c(c32)C(=O)C1=O. The fourth-order valence-electron chi connectivity index (χ4n) is 3.04. The molecule has 1 aromatic carbocycles. The zero-order chi connectivity index (χ0) is 15.4. The lowest BCUT2D eigenvalue weighted by Gasteiger charge is -2.38. The molecule has 2 N–H and O–H groups in total. The highest BCUT2D eigenvalue weighted by atomic mass is 16.5. The van der Waals surface area contributed by atoms with Gasteiger partial charge in [0.25, 0.3) is 0 Å². The molecular weight excluding hydrogens is 272 g/mol. The molecule has 0 bridgehead atoms. The Morgan fingerprint density at radius 2 is 1.90 bits per heavy atom. The van der Waals surface area contributed by atoms with Crippen LogP contribution >= 0.6 is 0 Å². The van der Waals surface area contributed by atoms with Crippen LogP contribution in [0, 0.1) is 6.92 Å². The smallest absolute Gasteiger partial charge is 0.234 e. The van der Waals surface area contributed by atoms with Crippen LogP contribution in [-0.4, -0.2) is 35.0 Å². The zero-order valence-electron chi connectivity index (χ0n) is 11.9. The molecule has 5 nitrogen and oxygen atoms in total. The van der Waals surface area contributed by atoms with E-state index < -0.39 is 17.2 Å². The second-order valence-electron chi connectivity index (χ2n) is 5.59. The Morgan fingerprint density at radius 3 is 2.57 bits per heavy atom. The van der Waals surface area contributed by atoms with Gasteiger partial charge in [-0.3, -0.25) is 9.59 Å². The molecule has 1 atom stereocenters. The van der Waals surface area contributed by atoms with Gasteiger partial charge >= 0.3 is 0 Å². The summed E-state index contributed by atoms with van der Waals surface area (Å²) in [5, 5.41) is 19.9. The standard InChI is InChI=1S/C16H16O5/c1-8-3-4-10-12-11(8)14(19)13(18)9(2)15(12)21-7-16(10,20)5-6-17/h3-4,17,20H,5-7H2,1-2H3. The molecule has 21 heavy (non-hydrogen) atoms. The first-order valence-electron chi connectivity index (χ1n) is 6.81. The second kappa shape index (κ2) is 4.51. The number of aryl methyl sites for hydroxylation is 1. The summed E-state index contributed by atoms with van der Waals surface area (Å²) in [6, 6.07) is 3.45. The number of aliphatic hydroxyl groups is 2. The van der Waals surface area contributed by atoms with Gasteiger partial charge in [0.05, 0.1) is 0 Å². The summed E-state index contributed by atoms with van der Waals surface area (Å²) < 4.78 is 5.59. The lowest BCUT2D eigenvalue weighted by molar-refractivity contribution is -0.112. The molecule has 0 radical (unpaired) electrons. The summed E-state index contributed by atoms with van der Waals surface area (Å²) in [6.45, 7) is 3.06. The number of carbonyl (C=O) groups excluding carboxylic acids is 2. The van der Waals surface area contributed by atoms with Gasteiger partial charge in [-0.25, -0.2) is 0 Å². The Hall–Kier alpha value is -1.98. The van der Waals surface area contributed by atoms with Gasteiger partial charge in [0.15, 0.2) is 0 Å². The largest absolute Gasteiger partial charge is 0.489 e. The highest BCUT2D eigenvalue weighted by Gasteiger charge is 2.44. The van der Waals surface area contributed by atoms with E-state index in [0.717, 1.165) is 0 Å². The lowest BCUT2D eigenvalue weighted by atomic mass is 9.76. The van der Waals surface area contributed by atoms with Gasteiger partial charge in [0, 0.05) is 29.7 Å². The van der Waals surface area contributed by atoms with Gasteiger partial charge in [-0.15, -0.1) is 0 Å². The predicted molar refractivity (Wildman–Crippen MR) is 74.7 cm³/mol. The van der Waals surface area contributed by atoms with Crippen LogP contribution in [0.5, 0.6) is 0 Å². The fourth-order valence-corrected chi connectivity index (χ4v) is 3.04. The van der Waals surface area contributed by atoms with E-state index in [1.807, 2.05) is 0 Å². The van der Waals surface area contributed by atoms with Crippen LogP contribution in [-0.2, 0) is 15.1 Å². The number of aliphatic hydroxyl groups excluding tert-OH is 1. The number of benzene rings is 1. The summed E-state index contributed by atoms with van der Waals surface area (Å²) in [7, 11) is 0. The number of ketones is 2. The minimum Gasteiger partial charge on any atom is -0.489 e. The molecule has 1 aliphatic heterocycles. The molecule has 1 unspecified atom stereocenters. The van der Waals surface area contributed by atoms with Gasteiger partial charge < -0.3 is 14.9 Å². The molecule has 0 saturated heterocycles. The summed E-state index contributed by atoms with van der Waals surface area (Å²) in [5.41, 5.74) is 0.933. The number of Topliss-reactive ketones (excluding diaryl/α,β-unsaturated/α-hetero) is 2. The quantitative estimate of drug-likeness (QED) is 0.796. The molecule has 0 amide bonds. The number of allylic oxidation sites excluding steroid dienone is 1. The molecule has 110 valence electrons. The molecule has 0 spiro atoms. The first kappa shape index (κ1) is 14.0. The van der Waals surface area contributed by atoms with Crippen molar-refractivity contribution in [3.63, 3.8) is 0 Å². The van der Waals surface area contributed by atoms with Crippen molar-refractivity contribution in [3.05, 3.63) is 40.0 Å². The van der Waals surface area contributed by atoms with Crippen LogP contribution in [0.25, 0.3) is 5.76 Å². The van der Waals surface area contributed by atoms with Crippen molar-refractivity contribution in [1.82, 2.24) is 0 Å². The Balaban J connectivity index is 2.36. The van der Waals surface area contributed by atoms with Gasteiger partial charge in [-0.05, 0) is 25.0 Å². The van der Waals surface area contributed by atoms with E-state index in [-0.39, 0.29) is 25.2 Å². The van der Waals surface area contributed by atoms with Crippen molar-refractivity contribution in [2.24, 2.45) is 0 Å². The first-order chi connectivity index (χ1) is 9.90. The molecule has 5 heteroatoms. The minimum atomic E-state index is -1.35. The van der Waals surface area contributed by atoms with Crippen LogP contribution in [0.4, 0.5) is 0 Å². The van der Waals surface area contributed by atoms with Crippen molar-refractivity contribution < 1.29 is 24.5 Å². The summed E-state index contributed by atoms with van der Waals surface area (Å²) >= 11 is 0. The Morgan fingerprint density at radius 1 is 1.19 bits per heavy atom. The van der Waals surface area contributed by atoms with E-state index >= 15 is 0 Å². The molecule has 0 fully saturated rings. The van der Waals surface area contributed by atoms with Crippen molar-refractivity contribution in [1.29, 1.82) is 0 Å². The molecule has 3 rings (SSSR count). The van der Waals surface area contributed by atoms with Crippen LogP contribution in [0.15, 0.2) is 17.7 Å². The number of hydrogen-bond donors (Lipinski definition) is 2. The maximum atomic E-state index is 12.3. The van der Waals surface area contributed by atoms with E-state index in [2.05, 4.69) is 0 Å². The molecule has 0 saturated carbocycles.